The van der Waals surface area contributed by atoms with Crippen molar-refractivity contribution < 1.29 is 23.5 Å². The van der Waals surface area contributed by atoms with Crippen molar-refractivity contribution in [2.75, 3.05) is 0 Å². The highest BCUT2D eigenvalue weighted by Gasteiger charge is 2.22. The second-order valence-corrected chi connectivity index (χ2v) is 9.81. The molecule has 8 nitrogen and oxygen atoms in total. The number of fused-ring (bicyclic) bond motifs is 2. The minimum atomic E-state index is -1.03. The van der Waals surface area contributed by atoms with Gasteiger partial charge in [-0.2, -0.15) is 0 Å². The summed E-state index contributed by atoms with van der Waals surface area (Å²) in [6.45, 7) is 0. The van der Waals surface area contributed by atoms with Crippen LogP contribution in [0.5, 0.6) is 5.75 Å². The van der Waals surface area contributed by atoms with Crippen molar-refractivity contribution in [1.82, 2.24) is 20.3 Å². The quantitative estimate of drug-likeness (QED) is 0.210. The van der Waals surface area contributed by atoms with Gasteiger partial charge in [-0.15, -0.1) is 0 Å². The van der Waals surface area contributed by atoms with Crippen LogP contribution in [0.4, 0.5) is 8.78 Å². The van der Waals surface area contributed by atoms with Gasteiger partial charge in [0.15, 0.2) is 0 Å². The number of nitrogens with one attached hydrogen (secondary N) is 2. The Balaban J connectivity index is 1.34. The number of aromatic nitrogens is 3. The molecule has 2 aromatic heterocycles. The number of hydrogen-bond donors (Lipinski definition) is 4. The molecule has 4 aromatic carbocycles. The van der Waals surface area contributed by atoms with E-state index < -0.39 is 29.5 Å². The molecule has 5 N–H and O–H groups in total. The standard InChI is InChI=1S/C32H23F2N5O3/c33-21-6-1-17(2-7-21)29-30(18-3-8-22(34)9-4-18)38-27-13-19(5-11-26(27)37-29)32(42)39-28(31(35)41)14-20-16-36-25-12-10-23(40)15-24(20)25/h1-13,15-16,28,36,40H,14H2,(H2,35,41)(H,39,42)/t28-/m0/s1. The average Bonchev–Trinajstić information content (AvgIpc) is 3.38. The smallest absolute Gasteiger partial charge is 0.252 e. The molecule has 208 valence electrons. The SMILES string of the molecule is NC(=O)[C@H](Cc1c[nH]c2ccc(O)cc12)NC(=O)c1ccc2nc(-c3ccc(F)cc3)c(-c3ccc(F)cc3)nc2c1. The van der Waals surface area contributed by atoms with Crippen LogP contribution in [0.1, 0.15) is 15.9 Å². The van der Waals surface area contributed by atoms with Crippen molar-refractivity contribution in [1.29, 1.82) is 0 Å². The van der Waals surface area contributed by atoms with Gasteiger partial charge in [-0.3, -0.25) is 9.59 Å². The number of phenols is 1. The van der Waals surface area contributed by atoms with Gasteiger partial charge in [0, 0.05) is 40.2 Å². The van der Waals surface area contributed by atoms with Crippen LogP contribution in [0.3, 0.4) is 0 Å². The van der Waals surface area contributed by atoms with Crippen molar-refractivity contribution in [3.05, 3.63) is 114 Å². The molecular formula is C32H23F2N5O3. The average molecular weight is 564 g/mol. The van der Waals surface area contributed by atoms with Gasteiger partial charge < -0.3 is 21.1 Å². The lowest BCUT2D eigenvalue weighted by molar-refractivity contribution is -0.119. The zero-order valence-corrected chi connectivity index (χ0v) is 21.9. The highest BCUT2D eigenvalue weighted by atomic mass is 19.1. The van der Waals surface area contributed by atoms with Crippen LogP contribution in [-0.4, -0.2) is 37.9 Å². The van der Waals surface area contributed by atoms with E-state index >= 15 is 0 Å². The van der Waals surface area contributed by atoms with E-state index in [1.165, 1.54) is 24.3 Å². The second kappa shape index (κ2) is 10.7. The highest BCUT2D eigenvalue weighted by molar-refractivity contribution is 6.00. The molecule has 0 saturated carbocycles. The van der Waals surface area contributed by atoms with Gasteiger partial charge in [0.1, 0.15) is 23.4 Å². The molecule has 42 heavy (non-hydrogen) atoms. The molecule has 0 aliphatic carbocycles. The van der Waals surface area contributed by atoms with Crippen LogP contribution >= 0.6 is 0 Å². The number of nitrogens with zero attached hydrogens (tertiary/aromatic N) is 2. The Kier molecular flexibility index (Phi) is 6.79. The summed E-state index contributed by atoms with van der Waals surface area (Å²) < 4.78 is 27.3. The van der Waals surface area contributed by atoms with Gasteiger partial charge in [-0.25, -0.2) is 18.7 Å². The summed E-state index contributed by atoms with van der Waals surface area (Å²) in [7, 11) is 0. The summed E-state index contributed by atoms with van der Waals surface area (Å²) in [5.41, 5.74) is 10.3. The number of hydrogen-bond acceptors (Lipinski definition) is 5. The first-order chi connectivity index (χ1) is 20.2. The molecule has 1 atom stereocenters. The largest absolute Gasteiger partial charge is 0.508 e. The van der Waals surface area contributed by atoms with Gasteiger partial charge in [-0.1, -0.05) is 0 Å². The normalized spacial score (nSPS) is 12.0. The molecule has 0 bridgehead atoms. The fourth-order valence-corrected chi connectivity index (χ4v) is 4.83. The van der Waals surface area contributed by atoms with Gasteiger partial charge in [0.05, 0.1) is 22.4 Å². The summed E-state index contributed by atoms with van der Waals surface area (Å²) in [6.07, 6.45) is 1.81. The Hall–Kier alpha value is -5.64. The van der Waals surface area contributed by atoms with Gasteiger partial charge in [0.25, 0.3) is 5.91 Å². The minimum Gasteiger partial charge on any atom is -0.508 e. The summed E-state index contributed by atoms with van der Waals surface area (Å²) in [4.78, 5) is 38.1. The second-order valence-electron chi connectivity index (χ2n) is 9.81. The van der Waals surface area contributed by atoms with E-state index in [0.717, 1.165) is 5.52 Å². The topological polar surface area (TPSA) is 134 Å². The first-order valence-corrected chi connectivity index (χ1v) is 13.0. The van der Waals surface area contributed by atoms with Gasteiger partial charge in [0.2, 0.25) is 5.91 Å². The third-order valence-corrected chi connectivity index (χ3v) is 6.99. The van der Waals surface area contributed by atoms with Crippen molar-refractivity contribution >= 4 is 33.8 Å². The van der Waals surface area contributed by atoms with Crippen molar-refractivity contribution in [3.8, 4) is 28.3 Å². The molecule has 10 heteroatoms. The molecule has 0 fully saturated rings. The van der Waals surface area contributed by atoms with Crippen molar-refractivity contribution in [3.63, 3.8) is 0 Å². The molecule has 0 spiro atoms. The number of aromatic hydroxyl groups is 1. The van der Waals surface area contributed by atoms with E-state index in [0.29, 0.717) is 44.5 Å². The number of carbonyl (C=O) groups excluding carboxylic acids is 2. The van der Waals surface area contributed by atoms with E-state index in [2.05, 4.69) is 10.3 Å². The minimum absolute atomic E-state index is 0.0721. The van der Waals surface area contributed by atoms with Crippen LogP contribution in [0, 0.1) is 11.6 Å². The molecule has 2 heterocycles. The fourth-order valence-electron chi connectivity index (χ4n) is 4.83. The van der Waals surface area contributed by atoms with E-state index in [1.807, 2.05) is 0 Å². The lowest BCUT2D eigenvalue weighted by Gasteiger charge is -2.16. The third-order valence-electron chi connectivity index (χ3n) is 6.99. The summed E-state index contributed by atoms with van der Waals surface area (Å²) in [5, 5.41) is 13.3. The van der Waals surface area contributed by atoms with Gasteiger partial charge >= 0.3 is 0 Å². The maximum atomic E-state index is 13.7. The maximum Gasteiger partial charge on any atom is 0.252 e. The number of halogens is 2. The summed E-state index contributed by atoms with van der Waals surface area (Å²) >= 11 is 0. The highest BCUT2D eigenvalue weighted by Crippen LogP contribution is 2.32. The van der Waals surface area contributed by atoms with Crippen LogP contribution in [-0.2, 0) is 11.2 Å². The lowest BCUT2D eigenvalue weighted by atomic mass is 10.0. The van der Waals surface area contributed by atoms with Crippen LogP contribution in [0.15, 0.2) is 91.1 Å². The number of carbonyl (C=O) groups is 2. The third kappa shape index (κ3) is 5.25. The number of phenolic OH excluding ortho intramolecular Hbond substituents is 1. The first-order valence-electron chi connectivity index (χ1n) is 13.0. The molecule has 0 aliphatic rings. The number of amides is 2. The van der Waals surface area contributed by atoms with E-state index in [9.17, 15) is 23.5 Å². The zero-order chi connectivity index (χ0) is 29.4. The number of benzene rings is 4. The van der Waals surface area contributed by atoms with Crippen LogP contribution in [0.25, 0.3) is 44.5 Å². The van der Waals surface area contributed by atoms with Crippen molar-refractivity contribution in [2.45, 2.75) is 12.5 Å². The first kappa shape index (κ1) is 26.6. The van der Waals surface area contributed by atoms with Gasteiger partial charge in [-0.05, 0) is 90.5 Å². The molecule has 2 amide bonds. The number of primary amides is 1. The van der Waals surface area contributed by atoms with Crippen molar-refractivity contribution in [2.24, 2.45) is 5.73 Å². The molecule has 6 rings (SSSR count). The maximum absolute atomic E-state index is 13.7. The fraction of sp³-hybridized carbons (Fsp3) is 0.0625. The predicted octanol–water partition coefficient (Wildman–Crippen LogP) is 5.26. The summed E-state index contributed by atoms with van der Waals surface area (Å²) in [5.74, 6) is -2.01. The van der Waals surface area contributed by atoms with E-state index in [-0.39, 0.29) is 17.7 Å². The monoisotopic (exact) mass is 563 g/mol. The number of nitrogens with two attached hydrogens (primary N) is 1. The Morgan fingerprint density at radius 1 is 0.833 bits per heavy atom. The molecule has 6 aromatic rings. The Morgan fingerprint density at radius 3 is 2.07 bits per heavy atom. The molecule has 0 saturated heterocycles. The Morgan fingerprint density at radius 2 is 1.45 bits per heavy atom. The lowest BCUT2D eigenvalue weighted by Crippen LogP contribution is -2.45. The summed E-state index contributed by atoms with van der Waals surface area (Å²) in [6, 6.07) is 20.1. The number of H-pyrrole nitrogens is 1. The molecule has 0 unspecified atom stereocenters. The molecule has 0 radical (unpaired) electrons. The Labute approximate surface area is 237 Å². The van der Waals surface area contributed by atoms with E-state index in [4.69, 9.17) is 15.7 Å². The zero-order valence-electron chi connectivity index (χ0n) is 21.9. The molecular weight excluding hydrogens is 540 g/mol. The predicted molar refractivity (Wildman–Crippen MR) is 154 cm³/mol. The Bertz CT molecular complexity index is 1970. The van der Waals surface area contributed by atoms with Crippen LogP contribution in [0.2, 0.25) is 0 Å². The van der Waals surface area contributed by atoms with Crippen LogP contribution < -0.4 is 11.1 Å². The molecule has 0 aliphatic heterocycles. The number of rotatable bonds is 7. The van der Waals surface area contributed by atoms with E-state index in [1.54, 1.807) is 66.9 Å². The number of aromatic amines is 1.